The molecule has 1 aliphatic rings. The van der Waals surface area contributed by atoms with Gasteiger partial charge in [0.2, 0.25) is 5.72 Å². The summed E-state index contributed by atoms with van der Waals surface area (Å²) in [5.74, 6) is -0.876. The number of halogens is 5. The largest absolute Gasteiger partial charge is 0.467 e. The Hall–Kier alpha value is -0.920. The Bertz CT molecular complexity index is 492. The summed E-state index contributed by atoms with van der Waals surface area (Å²) in [6.45, 7) is 0.405. The fourth-order valence-corrected chi connectivity index (χ4v) is 2.21. The Labute approximate surface area is 122 Å². The van der Waals surface area contributed by atoms with Gasteiger partial charge in [-0.1, -0.05) is 23.2 Å². The first-order valence-corrected chi connectivity index (χ1v) is 6.41. The van der Waals surface area contributed by atoms with Crippen LogP contribution in [0.15, 0.2) is 22.8 Å². The van der Waals surface area contributed by atoms with Gasteiger partial charge in [-0.3, -0.25) is 4.79 Å². The molecule has 4 nitrogen and oxygen atoms in total. The fourth-order valence-electron chi connectivity index (χ4n) is 1.98. The van der Waals surface area contributed by atoms with E-state index in [1.807, 2.05) is 0 Å². The third kappa shape index (κ3) is 2.49. The van der Waals surface area contributed by atoms with Crippen molar-refractivity contribution in [2.24, 2.45) is 0 Å². The zero-order chi connectivity index (χ0) is 15.1. The summed E-state index contributed by atoms with van der Waals surface area (Å²) in [5, 5.41) is 0. The Kier molecular flexibility index (Phi) is 3.96. The number of nitrogens with zero attached hydrogens (tertiary/aromatic N) is 1. The maximum atomic E-state index is 13.2. The first-order chi connectivity index (χ1) is 9.17. The van der Waals surface area contributed by atoms with Gasteiger partial charge in [-0.15, -0.1) is 0 Å². The number of carbonyl (C=O) groups is 1. The summed E-state index contributed by atoms with van der Waals surface area (Å²) in [4.78, 5) is 10.6. The molecular weight excluding hydrogens is 322 g/mol. The van der Waals surface area contributed by atoms with Gasteiger partial charge in [0.25, 0.3) is 5.91 Å². The number of hydrogen-bond acceptors (Lipinski definition) is 3. The highest BCUT2D eigenvalue weighted by Crippen LogP contribution is 2.46. The van der Waals surface area contributed by atoms with E-state index in [9.17, 15) is 18.0 Å². The molecule has 1 aromatic rings. The summed E-state index contributed by atoms with van der Waals surface area (Å²) in [6.07, 6.45) is -4.53. The number of amides is 1. The number of ether oxygens (including phenoxy) is 1. The minimum Gasteiger partial charge on any atom is -0.467 e. The lowest BCUT2D eigenvalue weighted by atomic mass is 10.2. The molecule has 2 heterocycles. The summed E-state index contributed by atoms with van der Waals surface area (Å²) >= 11 is 10.8. The molecule has 2 unspecified atom stereocenters. The maximum absolute atomic E-state index is 13.2. The lowest BCUT2D eigenvalue weighted by Crippen LogP contribution is -2.57. The quantitative estimate of drug-likeness (QED) is 0.781. The van der Waals surface area contributed by atoms with E-state index in [0.29, 0.717) is 4.90 Å². The Morgan fingerprint density at radius 3 is 2.65 bits per heavy atom. The SMILES string of the molecule is CC1(C(F)(F)F)OC(c2ccco2)CN1C(=O)C(Cl)Cl. The Morgan fingerprint density at radius 1 is 1.55 bits per heavy atom. The molecule has 1 aromatic heterocycles. The second kappa shape index (κ2) is 5.13. The highest BCUT2D eigenvalue weighted by Gasteiger charge is 2.63. The van der Waals surface area contributed by atoms with Crippen molar-refractivity contribution < 1.29 is 27.1 Å². The van der Waals surface area contributed by atoms with Gasteiger partial charge >= 0.3 is 6.18 Å². The molecule has 0 aromatic carbocycles. The number of rotatable bonds is 2. The second-order valence-electron chi connectivity index (χ2n) is 4.35. The lowest BCUT2D eigenvalue weighted by molar-refractivity contribution is -0.299. The summed E-state index contributed by atoms with van der Waals surface area (Å²) in [5.41, 5.74) is -2.80. The summed E-state index contributed by atoms with van der Waals surface area (Å²) < 4.78 is 49.6. The molecule has 1 saturated heterocycles. The highest BCUT2D eigenvalue weighted by molar-refractivity contribution is 6.53. The van der Waals surface area contributed by atoms with Crippen molar-refractivity contribution in [1.29, 1.82) is 0 Å². The van der Waals surface area contributed by atoms with Crippen LogP contribution in [0.5, 0.6) is 0 Å². The molecule has 0 spiro atoms. The molecule has 0 saturated carbocycles. The van der Waals surface area contributed by atoms with E-state index in [0.717, 1.165) is 6.92 Å². The molecule has 0 radical (unpaired) electrons. The van der Waals surface area contributed by atoms with Crippen LogP contribution in [0.25, 0.3) is 0 Å². The molecule has 112 valence electrons. The van der Waals surface area contributed by atoms with E-state index < -0.39 is 28.7 Å². The predicted molar refractivity (Wildman–Crippen MR) is 64.2 cm³/mol. The molecule has 0 N–H and O–H groups in total. The topological polar surface area (TPSA) is 42.7 Å². The summed E-state index contributed by atoms with van der Waals surface area (Å²) in [7, 11) is 0. The van der Waals surface area contributed by atoms with Gasteiger partial charge in [-0.2, -0.15) is 13.2 Å². The highest BCUT2D eigenvalue weighted by atomic mass is 35.5. The van der Waals surface area contributed by atoms with E-state index in [1.54, 1.807) is 0 Å². The normalized spacial score (nSPS) is 27.4. The molecule has 0 bridgehead atoms. The molecule has 2 rings (SSSR count). The molecule has 0 aliphatic carbocycles. The molecule has 1 amide bonds. The third-order valence-corrected chi connectivity index (χ3v) is 3.45. The minimum atomic E-state index is -4.80. The Balaban J connectivity index is 2.35. The van der Waals surface area contributed by atoms with E-state index in [1.165, 1.54) is 18.4 Å². The molecule has 20 heavy (non-hydrogen) atoms. The van der Waals surface area contributed by atoms with E-state index in [-0.39, 0.29) is 12.3 Å². The van der Waals surface area contributed by atoms with Gasteiger partial charge in [-0.05, 0) is 19.1 Å². The van der Waals surface area contributed by atoms with Crippen molar-refractivity contribution in [3.8, 4) is 0 Å². The number of hydrogen-bond donors (Lipinski definition) is 0. The van der Waals surface area contributed by atoms with Crippen molar-refractivity contribution in [3.05, 3.63) is 24.2 Å². The van der Waals surface area contributed by atoms with Crippen LogP contribution < -0.4 is 0 Å². The molecular formula is C11H10Cl2F3NO3. The zero-order valence-corrected chi connectivity index (χ0v) is 11.7. The molecule has 2 atom stereocenters. The van der Waals surface area contributed by atoms with Crippen LogP contribution >= 0.6 is 23.2 Å². The average molecular weight is 332 g/mol. The first kappa shape index (κ1) is 15.5. The van der Waals surface area contributed by atoms with Crippen molar-refractivity contribution in [2.45, 2.75) is 29.8 Å². The number of carbonyl (C=O) groups excluding carboxylic acids is 1. The summed E-state index contributed by atoms with van der Waals surface area (Å²) in [6, 6.07) is 2.98. The van der Waals surface area contributed by atoms with Gasteiger partial charge in [0.05, 0.1) is 12.8 Å². The third-order valence-electron chi connectivity index (χ3n) is 3.07. The monoisotopic (exact) mass is 331 g/mol. The van der Waals surface area contributed by atoms with Crippen LogP contribution in [0.1, 0.15) is 18.8 Å². The van der Waals surface area contributed by atoms with Crippen molar-refractivity contribution in [1.82, 2.24) is 4.90 Å². The number of furan rings is 1. The van der Waals surface area contributed by atoms with Crippen molar-refractivity contribution >= 4 is 29.1 Å². The molecule has 1 fully saturated rings. The second-order valence-corrected chi connectivity index (χ2v) is 5.45. The fraction of sp³-hybridized carbons (Fsp3) is 0.545. The van der Waals surface area contributed by atoms with Crippen LogP contribution in [0.2, 0.25) is 0 Å². The van der Waals surface area contributed by atoms with Crippen LogP contribution in [0, 0.1) is 0 Å². The van der Waals surface area contributed by atoms with Crippen LogP contribution in [-0.4, -0.2) is 34.1 Å². The van der Waals surface area contributed by atoms with Gasteiger partial charge in [-0.25, -0.2) is 0 Å². The Morgan fingerprint density at radius 2 is 2.20 bits per heavy atom. The van der Waals surface area contributed by atoms with Gasteiger partial charge < -0.3 is 14.1 Å². The van der Waals surface area contributed by atoms with E-state index in [2.05, 4.69) is 0 Å². The van der Waals surface area contributed by atoms with Crippen LogP contribution in [-0.2, 0) is 9.53 Å². The zero-order valence-electron chi connectivity index (χ0n) is 10.2. The van der Waals surface area contributed by atoms with Gasteiger partial charge in [0.15, 0.2) is 4.84 Å². The molecule has 1 aliphatic heterocycles. The lowest BCUT2D eigenvalue weighted by Gasteiger charge is -2.35. The minimum absolute atomic E-state index is 0.191. The number of alkyl halides is 5. The standard InChI is InChI=1S/C11H10Cl2F3NO3/c1-10(11(14,15)16)17(9(18)8(12)13)5-7(20-10)6-3-2-4-19-6/h2-4,7-8H,5H2,1H3. The molecule has 9 heteroatoms. The van der Waals surface area contributed by atoms with E-state index >= 15 is 0 Å². The van der Waals surface area contributed by atoms with Crippen LogP contribution in [0.3, 0.4) is 0 Å². The van der Waals surface area contributed by atoms with Gasteiger partial charge in [0, 0.05) is 0 Å². The van der Waals surface area contributed by atoms with E-state index in [4.69, 9.17) is 32.4 Å². The van der Waals surface area contributed by atoms with Gasteiger partial charge in [0.1, 0.15) is 11.9 Å². The van der Waals surface area contributed by atoms with Crippen molar-refractivity contribution in [3.63, 3.8) is 0 Å². The first-order valence-electron chi connectivity index (χ1n) is 5.54. The van der Waals surface area contributed by atoms with Crippen LogP contribution in [0.4, 0.5) is 13.2 Å². The maximum Gasteiger partial charge on any atom is 0.436 e. The average Bonchev–Trinajstić information content (AvgIpc) is 2.94. The smallest absolute Gasteiger partial charge is 0.436 e. The van der Waals surface area contributed by atoms with Crippen molar-refractivity contribution in [2.75, 3.05) is 6.54 Å². The predicted octanol–water partition coefficient (Wildman–Crippen LogP) is 3.26.